The van der Waals surface area contributed by atoms with E-state index in [-0.39, 0.29) is 0 Å². The highest BCUT2D eigenvalue weighted by Crippen LogP contribution is 2.16. The highest BCUT2D eigenvalue weighted by molar-refractivity contribution is 4.93. The molecule has 84 valence electrons. The maximum atomic E-state index is 5.66. The molecule has 0 aromatic carbocycles. The Kier molecular flexibility index (Phi) is 3.02. The van der Waals surface area contributed by atoms with Crippen LogP contribution in [0.1, 0.15) is 18.1 Å². The van der Waals surface area contributed by atoms with Crippen LogP contribution in [-0.2, 0) is 13.6 Å². The highest BCUT2D eigenvalue weighted by atomic mass is 15.3. The summed E-state index contributed by atoms with van der Waals surface area (Å²) in [5.74, 6) is 2.68. The normalized spacial score (nSPS) is 22.5. The molecule has 0 spiro atoms. The van der Waals surface area contributed by atoms with Crippen LogP contribution in [0.5, 0.6) is 0 Å². The molecule has 1 unspecified atom stereocenters. The monoisotopic (exact) mass is 209 g/mol. The van der Waals surface area contributed by atoms with Gasteiger partial charge in [0.25, 0.3) is 0 Å². The first-order chi connectivity index (χ1) is 7.20. The van der Waals surface area contributed by atoms with Gasteiger partial charge in [-0.1, -0.05) is 0 Å². The first-order valence-electron chi connectivity index (χ1n) is 5.48. The van der Waals surface area contributed by atoms with Crippen molar-refractivity contribution in [1.29, 1.82) is 0 Å². The molecule has 0 amide bonds. The summed E-state index contributed by atoms with van der Waals surface area (Å²) in [4.78, 5) is 2.40. The van der Waals surface area contributed by atoms with E-state index in [0.717, 1.165) is 37.8 Å². The van der Waals surface area contributed by atoms with Crippen LogP contribution in [0, 0.1) is 12.8 Å². The zero-order valence-corrected chi connectivity index (χ0v) is 9.48. The third-order valence-corrected chi connectivity index (χ3v) is 3.25. The Bertz CT molecular complexity index is 333. The van der Waals surface area contributed by atoms with Crippen molar-refractivity contribution in [1.82, 2.24) is 19.7 Å². The largest absolute Gasteiger partial charge is 0.330 e. The van der Waals surface area contributed by atoms with Crippen LogP contribution in [0.2, 0.25) is 0 Å². The summed E-state index contributed by atoms with van der Waals surface area (Å²) in [5, 5.41) is 8.23. The van der Waals surface area contributed by atoms with Gasteiger partial charge in [0.1, 0.15) is 11.6 Å². The Morgan fingerprint density at radius 1 is 1.47 bits per heavy atom. The van der Waals surface area contributed by atoms with Gasteiger partial charge in [0.15, 0.2) is 0 Å². The number of likely N-dealkylation sites (tertiary alicyclic amines) is 1. The van der Waals surface area contributed by atoms with Crippen molar-refractivity contribution in [3.8, 4) is 0 Å². The van der Waals surface area contributed by atoms with Crippen LogP contribution < -0.4 is 5.73 Å². The lowest BCUT2D eigenvalue weighted by atomic mass is 10.1. The molecule has 1 aliphatic rings. The van der Waals surface area contributed by atoms with Gasteiger partial charge in [-0.05, 0) is 32.4 Å². The Balaban J connectivity index is 1.95. The summed E-state index contributed by atoms with van der Waals surface area (Å²) in [6.45, 7) is 5.90. The molecule has 0 radical (unpaired) electrons. The highest BCUT2D eigenvalue weighted by Gasteiger charge is 2.22. The van der Waals surface area contributed by atoms with E-state index in [4.69, 9.17) is 5.73 Å². The van der Waals surface area contributed by atoms with Gasteiger partial charge >= 0.3 is 0 Å². The van der Waals surface area contributed by atoms with Crippen molar-refractivity contribution >= 4 is 0 Å². The molecule has 0 aliphatic carbocycles. The first kappa shape index (κ1) is 10.6. The van der Waals surface area contributed by atoms with Crippen molar-refractivity contribution in [2.45, 2.75) is 19.9 Å². The fourth-order valence-corrected chi connectivity index (χ4v) is 2.04. The van der Waals surface area contributed by atoms with E-state index in [9.17, 15) is 0 Å². The van der Waals surface area contributed by atoms with Gasteiger partial charge in [-0.2, -0.15) is 0 Å². The second kappa shape index (κ2) is 4.28. The fourth-order valence-electron chi connectivity index (χ4n) is 2.04. The summed E-state index contributed by atoms with van der Waals surface area (Å²) in [6.07, 6.45) is 1.22. The predicted octanol–water partition coefficient (Wildman–Crippen LogP) is -0.0959. The van der Waals surface area contributed by atoms with Gasteiger partial charge in [0, 0.05) is 13.6 Å². The maximum absolute atomic E-state index is 5.66. The zero-order chi connectivity index (χ0) is 10.8. The van der Waals surface area contributed by atoms with Crippen molar-refractivity contribution in [2.75, 3.05) is 19.6 Å². The van der Waals surface area contributed by atoms with Gasteiger partial charge < -0.3 is 10.3 Å². The molecule has 1 atom stereocenters. The number of aromatic nitrogens is 3. The van der Waals surface area contributed by atoms with Gasteiger partial charge in [-0.3, -0.25) is 4.90 Å². The molecule has 0 saturated carbocycles. The van der Waals surface area contributed by atoms with Crippen molar-refractivity contribution < 1.29 is 0 Å². The van der Waals surface area contributed by atoms with Crippen LogP contribution in [0.15, 0.2) is 0 Å². The number of aryl methyl sites for hydroxylation is 1. The second-order valence-electron chi connectivity index (χ2n) is 4.35. The summed E-state index contributed by atoms with van der Waals surface area (Å²) in [7, 11) is 2.02. The Hall–Kier alpha value is -0.940. The van der Waals surface area contributed by atoms with E-state index in [2.05, 4.69) is 19.7 Å². The molecule has 1 aromatic rings. The minimum Gasteiger partial charge on any atom is -0.330 e. The van der Waals surface area contributed by atoms with E-state index in [1.165, 1.54) is 6.42 Å². The van der Waals surface area contributed by atoms with Gasteiger partial charge in [-0.25, -0.2) is 0 Å². The van der Waals surface area contributed by atoms with Crippen LogP contribution >= 0.6 is 0 Å². The van der Waals surface area contributed by atoms with E-state index in [1.54, 1.807) is 0 Å². The fraction of sp³-hybridized carbons (Fsp3) is 0.800. The maximum Gasteiger partial charge on any atom is 0.146 e. The molecule has 1 saturated heterocycles. The lowest BCUT2D eigenvalue weighted by Crippen LogP contribution is -2.24. The number of hydrogen-bond donors (Lipinski definition) is 1. The molecule has 1 fully saturated rings. The Morgan fingerprint density at radius 3 is 2.80 bits per heavy atom. The summed E-state index contributed by atoms with van der Waals surface area (Å²) < 4.78 is 2.05. The van der Waals surface area contributed by atoms with Crippen LogP contribution in [0.25, 0.3) is 0 Å². The quantitative estimate of drug-likeness (QED) is 0.755. The Labute approximate surface area is 90.3 Å². The lowest BCUT2D eigenvalue weighted by Gasteiger charge is -2.14. The van der Waals surface area contributed by atoms with E-state index in [0.29, 0.717) is 5.92 Å². The number of rotatable bonds is 3. The molecule has 2 heterocycles. The average molecular weight is 209 g/mol. The van der Waals surface area contributed by atoms with Crippen LogP contribution in [-0.4, -0.2) is 39.3 Å². The topological polar surface area (TPSA) is 60.0 Å². The second-order valence-corrected chi connectivity index (χ2v) is 4.35. The van der Waals surface area contributed by atoms with E-state index < -0.39 is 0 Å². The number of nitrogens with zero attached hydrogens (tertiary/aromatic N) is 4. The summed E-state index contributed by atoms with van der Waals surface area (Å²) in [5.41, 5.74) is 5.66. The van der Waals surface area contributed by atoms with Gasteiger partial charge in [0.05, 0.1) is 6.54 Å². The van der Waals surface area contributed by atoms with Crippen molar-refractivity contribution in [2.24, 2.45) is 18.7 Å². The third-order valence-electron chi connectivity index (χ3n) is 3.25. The predicted molar refractivity (Wildman–Crippen MR) is 58.2 cm³/mol. The molecule has 2 rings (SSSR count). The lowest BCUT2D eigenvalue weighted by molar-refractivity contribution is 0.305. The standard InChI is InChI=1S/C10H19N5/c1-8-12-13-10(14(8)2)7-15-4-3-9(5-11)6-15/h9H,3-7,11H2,1-2H3. The molecule has 15 heavy (non-hydrogen) atoms. The van der Waals surface area contributed by atoms with Crippen molar-refractivity contribution in [3.05, 3.63) is 11.6 Å². The zero-order valence-electron chi connectivity index (χ0n) is 9.48. The molecular weight excluding hydrogens is 190 g/mol. The average Bonchev–Trinajstić information content (AvgIpc) is 2.80. The minimum atomic E-state index is 0.666. The van der Waals surface area contributed by atoms with E-state index in [1.807, 2.05) is 14.0 Å². The molecule has 5 heteroatoms. The SMILES string of the molecule is Cc1nnc(CN2CCC(CN)C2)n1C. The number of hydrogen-bond acceptors (Lipinski definition) is 4. The third kappa shape index (κ3) is 2.18. The van der Waals surface area contributed by atoms with Crippen LogP contribution in [0.3, 0.4) is 0 Å². The first-order valence-corrected chi connectivity index (χ1v) is 5.48. The van der Waals surface area contributed by atoms with Gasteiger partial charge in [-0.15, -0.1) is 10.2 Å². The van der Waals surface area contributed by atoms with E-state index >= 15 is 0 Å². The van der Waals surface area contributed by atoms with Crippen LogP contribution in [0.4, 0.5) is 0 Å². The minimum absolute atomic E-state index is 0.666. The molecule has 2 N–H and O–H groups in total. The van der Waals surface area contributed by atoms with Crippen molar-refractivity contribution in [3.63, 3.8) is 0 Å². The summed E-state index contributed by atoms with van der Waals surface area (Å²) >= 11 is 0. The molecule has 1 aromatic heterocycles. The Morgan fingerprint density at radius 2 is 2.27 bits per heavy atom. The summed E-state index contributed by atoms with van der Waals surface area (Å²) in [6, 6.07) is 0. The molecular formula is C10H19N5. The molecule has 1 aliphatic heterocycles. The molecule has 5 nitrogen and oxygen atoms in total. The van der Waals surface area contributed by atoms with Gasteiger partial charge in [0.2, 0.25) is 0 Å². The molecule has 0 bridgehead atoms. The number of nitrogens with two attached hydrogens (primary N) is 1. The smallest absolute Gasteiger partial charge is 0.146 e.